The first-order valence-electron chi connectivity index (χ1n) is 5.15. The van der Waals surface area contributed by atoms with Crippen LogP contribution in [0.4, 0.5) is 17.1 Å². The van der Waals surface area contributed by atoms with E-state index in [4.69, 9.17) is 17.3 Å². The van der Waals surface area contributed by atoms with E-state index in [1.165, 1.54) is 0 Å². The van der Waals surface area contributed by atoms with E-state index < -0.39 is 0 Å². The summed E-state index contributed by atoms with van der Waals surface area (Å²) in [7, 11) is 0. The summed E-state index contributed by atoms with van der Waals surface area (Å²) in [6, 6.07) is 11.7. The number of hydrogen-bond donors (Lipinski definition) is 2. The molecule has 0 saturated carbocycles. The molecule has 0 aromatic heterocycles. The van der Waals surface area contributed by atoms with E-state index in [0.717, 1.165) is 26.2 Å². The monoisotopic (exact) mass is 358 g/mol. The Balaban J connectivity index is 2.38. The maximum atomic E-state index is 6.18. The summed E-state index contributed by atoms with van der Waals surface area (Å²) in [5.74, 6) is 0. The van der Waals surface area contributed by atoms with E-state index in [0.29, 0.717) is 5.02 Å². The Morgan fingerprint density at radius 3 is 2.65 bits per heavy atom. The molecule has 4 heteroatoms. The lowest BCUT2D eigenvalue weighted by Gasteiger charge is -2.13. The van der Waals surface area contributed by atoms with Gasteiger partial charge in [0.05, 0.1) is 22.1 Å². The van der Waals surface area contributed by atoms with Crippen LogP contribution in [0.15, 0.2) is 36.4 Å². The number of anilines is 3. The van der Waals surface area contributed by atoms with Crippen molar-refractivity contribution in [2.75, 3.05) is 11.1 Å². The molecule has 0 atom stereocenters. The molecule has 0 amide bonds. The molecule has 88 valence electrons. The Bertz CT molecular complexity index is 535. The fourth-order valence-corrected chi connectivity index (χ4v) is 2.49. The number of nitrogens with one attached hydrogen (secondary N) is 1. The average Bonchev–Trinajstić information content (AvgIpc) is 2.26. The van der Waals surface area contributed by atoms with Crippen LogP contribution in [0.3, 0.4) is 0 Å². The number of benzene rings is 2. The van der Waals surface area contributed by atoms with Crippen molar-refractivity contribution in [2.24, 2.45) is 0 Å². The van der Waals surface area contributed by atoms with Crippen molar-refractivity contribution in [2.45, 2.75) is 6.92 Å². The van der Waals surface area contributed by atoms with Gasteiger partial charge in [-0.25, -0.2) is 0 Å². The van der Waals surface area contributed by atoms with E-state index in [9.17, 15) is 0 Å². The van der Waals surface area contributed by atoms with Gasteiger partial charge in [0.1, 0.15) is 0 Å². The summed E-state index contributed by atoms with van der Waals surface area (Å²) in [5.41, 5.74) is 9.54. The third-order valence-corrected chi connectivity index (χ3v) is 3.48. The van der Waals surface area contributed by atoms with Crippen molar-refractivity contribution in [1.82, 2.24) is 0 Å². The molecule has 0 aliphatic heterocycles. The molecule has 2 rings (SSSR count). The van der Waals surface area contributed by atoms with Crippen molar-refractivity contribution in [3.63, 3.8) is 0 Å². The molecular formula is C13H12ClIN2. The van der Waals surface area contributed by atoms with Gasteiger partial charge in [0.2, 0.25) is 0 Å². The minimum atomic E-state index is 0.694. The molecule has 0 heterocycles. The van der Waals surface area contributed by atoms with Crippen LogP contribution in [0.2, 0.25) is 5.02 Å². The van der Waals surface area contributed by atoms with Gasteiger partial charge in [0, 0.05) is 3.57 Å². The van der Waals surface area contributed by atoms with Gasteiger partial charge in [0.25, 0.3) is 0 Å². The van der Waals surface area contributed by atoms with Gasteiger partial charge in [-0.3, -0.25) is 0 Å². The zero-order chi connectivity index (χ0) is 12.4. The van der Waals surface area contributed by atoms with Gasteiger partial charge in [0.15, 0.2) is 0 Å². The molecule has 2 nitrogen and oxygen atoms in total. The van der Waals surface area contributed by atoms with E-state index in [2.05, 4.69) is 27.9 Å². The van der Waals surface area contributed by atoms with Gasteiger partial charge in [-0.05, 0) is 59.3 Å². The van der Waals surface area contributed by atoms with Crippen LogP contribution < -0.4 is 11.1 Å². The Labute approximate surface area is 119 Å². The van der Waals surface area contributed by atoms with Gasteiger partial charge in [-0.15, -0.1) is 0 Å². The second-order valence-electron chi connectivity index (χ2n) is 3.79. The molecule has 2 aromatic carbocycles. The lowest BCUT2D eigenvalue weighted by atomic mass is 10.1. The highest BCUT2D eigenvalue weighted by atomic mass is 127. The maximum absolute atomic E-state index is 6.18. The number of rotatable bonds is 2. The van der Waals surface area contributed by atoms with Crippen molar-refractivity contribution in [3.8, 4) is 0 Å². The normalized spacial score (nSPS) is 10.3. The average molecular weight is 359 g/mol. The quantitative estimate of drug-likeness (QED) is 0.609. The number of nitrogens with two attached hydrogens (primary N) is 1. The van der Waals surface area contributed by atoms with E-state index in [1.807, 2.05) is 43.3 Å². The predicted octanol–water partition coefficient (Wildman–Crippen LogP) is 4.58. The Hall–Kier alpha value is -0.940. The molecule has 0 radical (unpaired) electrons. The summed E-state index contributed by atoms with van der Waals surface area (Å²) >= 11 is 8.41. The first kappa shape index (κ1) is 12.5. The van der Waals surface area contributed by atoms with E-state index in [-0.39, 0.29) is 0 Å². The van der Waals surface area contributed by atoms with Crippen LogP contribution in [0.1, 0.15) is 5.56 Å². The topological polar surface area (TPSA) is 38.0 Å². The highest BCUT2D eigenvalue weighted by Crippen LogP contribution is 2.31. The van der Waals surface area contributed by atoms with Crippen LogP contribution in [-0.4, -0.2) is 0 Å². The Morgan fingerprint density at radius 2 is 2.00 bits per heavy atom. The molecule has 3 N–H and O–H groups in total. The fourth-order valence-electron chi connectivity index (χ4n) is 1.59. The van der Waals surface area contributed by atoms with Gasteiger partial charge < -0.3 is 11.1 Å². The second kappa shape index (κ2) is 5.14. The number of para-hydroxylation sites is 1. The van der Waals surface area contributed by atoms with Crippen LogP contribution in [-0.2, 0) is 0 Å². The van der Waals surface area contributed by atoms with E-state index >= 15 is 0 Å². The zero-order valence-electron chi connectivity index (χ0n) is 9.30. The number of hydrogen-bond acceptors (Lipinski definition) is 2. The molecular weight excluding hydrogens is 347 g/mol. The first-order valence-corrected chi connectivity index (χ1v) is 6.61. The van der Waals surface area contributed by atoms with Crippen LogP contribution in [0.5, 0.6) is 0 Å². The van der Waals surface area contributed by atoms with Crippen molar-refractivity contribution in [1.29, 1.82) is 0 Å². The predicted molar refractivity (Wildman–Crippen MR) is 83.0 cm³/mol. The minimum absolute atomic E-state index is 0.694. The minimum Gasteiger partial charge on any atom is -0.397 e. The summed E-state index contributed by atoms with van der Waals surface area (Å²) < 4.78 is 1.11. The van der Waals surface area contributed by atoms with Crippen LogP contribution in [0.25, 0.3) is 0 Å². The number of halogens is 2. The molecule has 0 bridgehead atoms. The summed E-state index contributed by atoms with van der Waals surface area (Å²) in [6.07, 6.45) is 0. The molecule has 2 aromatic rings. The molecule has 0 saturated heterocycles. The molecule has 17 heavy (non-hydrogen) atoms. The van der Waals surface area contributed by atoms with E-state index in [1.54, 1.807) is 0 Å². The largest absolute Gasteiger partial charge is 0.397 e. The first-order chi connectivity index (χ1) is 8.08. The van der Waals surface area contributed by atoms with Gasteiger partial charge in [-0.1, -0.05) is 23.7 Å². The lowest BCUT2D eigenvalue weighted by Crippen LogP contribution is -1.99. The highest BCUT2D eigenvalue weighted by Gasteiger charge is 2.06. The third-order valence-electron chi connectivity index (χ3n) is 2.50. The number of aryl methyl sites for hydroxylation is 1. The SMILES string of the molecule is Cc1cccc(N)c1Nc1ccc(I)cc1Cl. The maximum Gasteiger partial charge on any atom is 0.0651 e. The second-order valence-corrected chi connectivity index (χ2v) is 5.44. The summed E-state index contributed by atoms with van der Waals surface area (Å²) in [5, 5.41) is 3.97. The standard InChI is InChI=1S/C13H12ClIN2/c1-8-3-2-4-11(16)13(8)17-12-6-5-9(15)7-10(12)14/h2-7,17H,16H2,1H3. The Morgan fingerprint density at radius 1 is 1.24 bits per heavy atom. The fraction of sp³-hybridized carbons (Fsp3) is 0.0769. The van der Waals surface area contributed by atoms with Gasteiger partial charge >= 0.3 is 0 Å². The molecule has 0 fully saturated rings. The van der Waals surface area contributed by atoms with Crippen LogP contribution >= 0.6 is 34.2 Å². The Kier molecular flexibility index (Phi) is 3.79. The van der Waals surface area contributed by atoms with Crippen LogP contribution in [0, 0.1) is 10.5 Å². The third kappa shape index (κ3) is 2.84. The molecule has 0 spiro atoms. The highest BCUT2D eigenvalue weighted by molar-refractivity contribution is 14.1. The zero-order valence-corrected chi connectivity index (χ0v) is 12.2. The van der Waals surface area contributed by atoms with Crippen molar-refractivity contribution in [3.05, 3.63) is 50.6 Å². The molecule has 0 unspecified atom stereocenters. The number of nitrogen functional groups attached to an aromatic ring is 1. The summed E-state index contributed by atoms with van der Waals surface area (Å²) in [6.45, 7) is 2.01. The lowest BCUT2D eigenvalue weighted by molar-refractivity contribution is 1.43. The summed E-state index contributed by atoms with van der Waals surface area (Å²) in [4.78, 5) is 0. The van der Waals surface area contributed by atoms with Crippen molar-refractivity contribution >= 4 is 51.3 Å². The smallest absolute Gasteiger partial charge is 0.0651 e. The molecule has 0 aliphatic rings. The van der Waals surface area contributed by atoms with Gasteiger partial charge in [-0.2, -0.15) is 0 Å². The van der Waals surface area contributed by atoms with Crippen molar-refractivity contribution < 1.29 is 0 Å². The molecule has 0 aliphatic carbocycles.